The second-order valence-electron chi connectivity index (χ2n) is 5.38. The molecule has 0 bridgehead atoms. The van der Waals surface area contributed by atoms with Crippen LogP contribution in [0.25, 0.3) is 22.2 Å². The van der Waals surface area contributed by atoms with Gasteiger partial charge in [0, 0.05) is 10.9 Å². The number of hydrogen-bond donors (Lipinski definition) is 2. The van der Waals surface area contributed by atoms with Gasteiger partial charge in [0.05, 0.1) is 16.9 Å². The van der Waals surface area contributed by atoms with E-state index in [0.717, 1.165) is 0 Å². The largest absolute Gasteiger partial charge is 0.573 e. The maximum absolute atomic E-state index is 12.3. The van der Waals surface area contributed by atoms with Crippen LogP contribution in [-0.4, -0.2) is 23.7 Å². The van der Waals surface area contributed by atoms with Crippen LogP contribution in [0, 0.1) is 0 Å². The number of carbonyl (C=O) groups is 1. The highest BCUT2D eigenvalue weighted by Gasteiger charge is 2.31. The highest BCUT2D eigenvalue weighted by atomic mass is 19.4. The van der Waals surface area contributed by atoms with E-state index < -0.39 is 6.36 Å². The average molecular weight is 374 g/mol. The molecule has 0 saturated heterocycles. The molecule has 9 heteroatoms. The highest BCUT2D eigenvalue weighted by Crippen LogP contribution is 2.31. The maximum atomic E-state index is 12.3. The first-order valence-corrected chi connectivity index (χ1v) is 7.66. The lowest BCUT2D eigenvalue weighted by Crippen LogP contribution is -2.29. The molecule has 0 aliphatic heterocycles. The summed E-state index contributed by atoms with van der Waals surface area (Å²) in [6.07, 6.45) is -4.35. The van der Waals surface area contributed by atoms with Crippen molar-refractivity contribution in [1.82, 2.24) is 10.3 Å². The van der Waals surface area contributed by atoms with Gasteiger partial charge in [-0.2, -0.15) is 0 Å². The number of aromatic nitrogens is 1. The van der Waals surface area contributed by atoms with E-state index in [4.69, 9.17) is 5.73 Å². The van der Waals surface area contributed by atoms with Gasteiger partial charge < -0.3 is 10.5 Å². The Morgan fingerprint density at radius 3 is 2.52 bits per heavy atom. The van der Waals surface area contributed by atoms with E-state index in [2.05, 4.69) is 20.0 Å². The van der Waals surface area contributed by atoms with Gasteiger partial charge in [0.1, 0.15) is 5.75 Å². The summed E-state index contributed by atoms with van der Waals surface area (Å²) in [6, 6.07) is 14.1. The van der Waals surface area contributed by atoms with Crippen LogP contribution in [0.15, 0.2) is 59.6 Å². The van der Waals surface area contributed by atoms with Crippen LogP contribution in [0.2, 0.25) is 0 Å². The first kappa shape index (κ1) is 18.2. The van der Waals surface area contributed by atoms with E-state index in [9.17, 15) is 18.0 Å². The van der Waals surface area contributed by atoms with E-state index >= 15 is 0 Å². The molecule has 3 rings (SSSR count). The van der Waals surface area contributed by atoms with Crippen LogP contribution in [0.4, 0.5) is 18.9 Å². The molecular weight excluding hydrogens is 361 g/mol. The summed E-state index contributed by atoms with van der Waals surface area (Å²) in [5.41, 5.74) is 7.75. The third-order valence-corrected chi connectivity index (χ3v) is 3.53. The molecular formula is C18H13F3N4O2. The normalized spacial score (nSPS) is 12.0. The number of amides is 1. The number of para-hydroxylation sites is 1. The first-order chi connectivity index (χ1) is 12.9. The molecule has 2 aromatic carbocycles. The van der Waals surface area contributed by atoms with Crippen LogP contribution >= 0.6 is 0 Å². The smallest absolute Gasteiger partial charge is 0.406 e. The number of rotatable bonds is 4. The Bertz CT molecular complexity index is 1000. The van der Waals surface area contributed by atoms with E-state index in [0.29, 0.717) is 34.3 Å². The third-order valence-electron chi connectivity index (χ3n) is 3.53. The van der Waals surface area contributed by atoms with Gasteiger partial charge in [-0.05, 0) is 36.4 Å². The predicted octanol–water partition coefficient (Wildman–Crippen LogP) is 3.49. The molecule has 138 valence electrons. The van der Waals surface area contributed by atoms with Crippen molar-refractivity contribution in [3.63, 3.8) is 0 Å². The maximum Gasteiger partial charge on any atom is 0.573 e. The van der Waals surface area contributed by atoms with Crippen molar-refractivity contribution < 1.29 is 22.7 Å². The summed E-state index contributed by atoms with van der Waals surface area (Å²) in [4.78, 5) is 19.2. The monoisotopic (exact) mass is 374 g/mol. The zero-order valence-electron chi connectivity index (χ0n) is 13.7. The average Bonchev–Trinajstić information content (AvgIpc) is 2.61. The van der Waals surface area contributed by atoms with Crippen molar-refractivity contribution in [2.75, 3.05) is 0 Å². The molecule has 0 aliphatic rings. The number of nitrogens with one attached hydrogen (secondary N) is 1. The zero-order chi connectivity index (χ0) is 19.4. The number of nitrogens with two attached hydrogens (primary N) is 1. The molecule has 1 amide bonds. The standard InChI is InChI=1S/C18H13F3N4O2/c19-18(20,21)27-12-7-5-11(6-8-12)15-9-16(25-17(22)23-10-26)13-3-1-2-4-14(13)24-15/h1-10H,(H3,22,23,24,25,26). The number of guanidine groups is 1. The summed E-state index contributed by atoms with van der Waals surface area (Å²) in [5, 5.41) is 2.95. The van der Waals surface area contributed by atoms with Gasteiger partial charge in [-0.3, -0.25) is 10.1 Å². The number of fused-ring (bicyclic) bond motifs is 1. The van der Waals surface area contributed by atoms with E-state index in [1.807, 2.05) is 0 Å². The predicted molar refractivity (Wildman–Crippen MR) is 94.3 cm³/mol. The second-order valence-corrected chi connectivity index (χ2v) is 5.38. The minimum Gasteiger partial charge on any atom is -0.406 e. The Labute approximate surface area is 151 Å². The Balaban J connectivity index is 2.04. The van der Waals surface area contributed by atoms with Gasteiger partial charge in [-0.25, -0.2) is 9.98 Å². The number of nitrogens with zero attached hydrogens (tertiary/aromatic N) is 2. The van der Waals surface area contributed by atoms with Gasteiger partial charge in [0.25, 0.3) is 0 Å². The van der Waals surface area contributed by atoms with Gasteiger partial charge in [0.15, 0.2) is 5.96 Å². The molecule has 6 nitrogen and oxygen atoms in total. The lowest BCUT2D eigenvalue weighted by Gasteiger charge is -2.10. The van der Waals surface area contributed by atoms with Crippen molar-refractivity contribution in [3.8, 4) is 17.0 Å². The fourth-order valence-electron chi connectivity index (χ4n) is 2.45. The second kappa shape index (κ2) is 7.32. The Kier molecular flexibility index (Phi) is 4.93. The van der Waals surface area contributed by atoms with Gasteiger partial charge in [-0.1, -0.05) is 18.2 Å². The molecule has 0 spiro atoms. The van der Waals surface area contributed by atoms with E-state index in [1.165, 1.54) is 24.3 Å². The molecule has 3 aromatic rings. The number of hydrogen-bond acceptors (Lipinski definition) is 4. The minimum atomic E-state index is -4.76. The molecule has 1 heterocycles. The Hall–Kier alpha value is -3.62. The fourth-order valence-corrected chi connectivity index (χ4v) is 2.45. The SMILES string of the molecule is NC(=Nc1cc(-c2ccc(OC(F)(F)F)cc2)nc2ccccc12)NC=O. The summed E-state index contributed by atoms with van der Waals surface area (Å²) in [7, 11) is 0. The number of ether oxygens (including phenoxy) is 1. The Morgan fingerprint density at radius 2 is 1.85 bits per heavy atom. The van der Waals surface area contributed by atoms with Crippen molar-refractivity contribution in [2.45, 2.75) is 6.36 Å². The number of benzene rings is 2. The Morgan fingerprint density at radius 1 is 1.15 bits per heavy atom. The highest BCUT2D eigenvalue weighted by molar-refractivity contribution is 5.97. The number of aliphatic imine (C=N–C) groups is 1. The van der Waals surface area contributed by atoms with Crippen molar-refractivity contribution in [3.05, 3.63) is 54.6 Å². The van der Waals surface area contributed by atoms with Crippen LogP contribution in [0.1, 0.15) is 0 Å². The molecule has 0 aliphatic carbocycles. The minimum absolute atomic E-state index is 0.0961. The summed E-state index contributed by atoms with van der Waals surface area (Å²) >= 11 is 0. The van der Waals surface area contributed by atoms with Crippen LogP contribution < -0.4 is 15.8 Å². The molecule has 0 fully saturated rings. The number of halogens is 3. The van der Waals surface area contributed by atoms with Crippen molar-refractivity contribution in [1.29, 1.82) is 0 Å². The molecule has 0 radical (unpaired) electrons. The van der Waals surface area contributed by atoms with Crippen LogP contribution in [-0.2, 0) is 4.79 Å². The molecule has 3 N–H and O–H groups in total. The third kappa shape index (κ3) is 4.51. The lowest BCUT2D eigenvalue weighted by atomic mass is 10.1. The fraction of sp³-hybridized carbons (Fsp3) is 0.0556. The first-order valence-electron chi connectivity index (χ1n) is 7.66. The number of alkyl halides is 3. The van der Waals surface area contributed by atoms with Crippen LogP contribution in [0.5, 0.6) is 5.75 Å². The zero-order valence-corrected chi connectivity index (χ0v) is 13.7. The number of carbonyl (C=O) groups excluding carboxylic acids is 1. The quantitative estimate of drug-likeness (QED) is 0.416. The van der Waals surface area contributed by atoms with Gasteiger partial charge in [-0.15, -0.1) is 13.2 Å². The molecule has 0 atom stereocenters. The molecule has 0 unspecified atom stereocenters. The van der Waals surface area contributed by atoms with Gasteiger partial charge >= 0.3 is 6.36 Å². The van der Waals surface area contributed by atoms with Gasteiger partial charge in [0.2, 0.25) is 6.41 Å². The topological polar surface area (TPSA) is 89.6 Å². The molecule has 1 aromatic heterocycles. The summed E-state index contributed by atoms with van der Waals surface area (Å²) in [5.74, 6) is -0.425. The van der Waals surface area contributed by atoms with E-state index in [1.54, 1.807) is 30.3 Å². The molecule has 0 saturated carbocycles. The van der Waals surface area contributed by atoms with Crippen molar-refractivity contribution in [2.24, 2.45) is 10.7 Å². The number of pyridine rings is 1. The van der Waals surface area contributed by atoms with E-state index in [-0.39, 0.29) is 11.7 Å². The van der Waals surface area contributed by atoms with Crippen molar-refractivity contribution >= 4 is 29.0 Å². The lowest BCUT2D eigenvalue weighted by molar-refractivity contribution is -0.274. The van der Waals surface area contributed by atoms with Crippen LogP contribution in [0.3, 0.4) is 0 Å². The molecule has 27 heavy (non-hydrogen) atoms. The summed E-state index contributed by atoms with van der Waals surface area (Å²) < 4.78 is 40.7. The summed E-state index contributed by atoms with van der Waals surface area (Å²) in [6.45, 7) is 0.